The minimum absolute atomic E-state index is 0.0499. The Hall–Kier alpha value is -1.50. The first-order valence-electron chi connectivity index (χ1n) is 4.21. The van der Waals surface area contributed by atoms with Crippen LogP contribution in [0.25, 0.3) is 0 Å². The van der Waals surface area contributed by atoms with Gasteiger partial charge in [0.2, 0.25) is 0 Å². The van der Waals surface area contributed by atoms with E-state index in [-0.39, 0.29) is 11.4 Å². The van der Waals surface area contributed by atoms with Crippen molar-refractivity contribution in [3.8, 4) is 5.75 Å². The molecule has 1 aromatic carbocycles. The predicted molar refractivity (Wildman–Crippen MR) is 48.3 cm³/mol. The van der Waals surface area contributed by atoms with Gasteiger partial charge in [-0.1, -0.05) is 0 Å². The van der Waals surface area contributed by atoms with Crippen LogP contribution in [0, 0.1) is 5.82 Å². The zero-order chi connectivity index (χ0) is 12.2. The van der Waals surface area contributed by atoms with Gasteiger partial charge in [-0.05, 0) is 12.1 Å². The lowest BCUT2D eigenvalue weighted by atomic mass is 10.3. The standard InChI is InChI=1S/C9H9F4NO2/c10-7-3-6(1-2-8(7)14)16-5-15-4-9(11,12)13/h1-3H,4-5,14H2. The molecular weight excluding hydrogens is 230 g/mol. The Morgan fingerprint density at radius 2 is 1.94 bits per heavy atom. The molecule has 0 saturated heterocycles. The van der Waals surface area contributed by atoms with Gasteiger partial charge < -0.3 is 15.2 Å². The SMILES string of the molecule is Nc1ccc(OCOCC(F)(F)F)cc1F. The van der Waals surface area contributed by atoms with Crippen molar-refractivity contribution in [2.75, 3.05) is 19.1 Å². The quantitative estimate of drug-likeness (QED) is 0.379. The van der Waals surface area contributed by atoms with E-state index in [9.17, 15) is 17.6 Å². The van der Waals surface area contributed by atoms with Gasteiger partial charge in [0.05, 0.1) is 5.69 Å². The van der Waals surface area contributed by atoms with Crippen LogP contribution >= 0.6 is 0 Å². The second-order valence-electron chi connectivity index (χ2n) is 2.91. The van der Waals surface area contributed by atoms with Crippen LogP contribution in [0.5, 0.6) is 5.75 Å². The van der Waals surface area contributed by atoms with E-state index in [1.165, 1.54) is 12.1 Å². The van der Waals surface area contributed by atoms with Crippen LogP contribution in [0.15, 0.2) is 18.2 Å². The molecule has 1 rings (SSSR count). The maximum absolute atomic E-state index is 12.9. The first-order valence-corrected chi connectivity index (χ1v) is 4.21. The molecule has 90 valence electrons. The number of rotatable bonds is 4. The largest absolute Gasteiger partial charge is 0.467 e. The number of ether oxygens (including phenoxy) is 2. The van der Waals surface area contributed by atoms with E-state index >= 15 is 0 Å². The van der Waals surface area contributed by atoms with Gasteiger partial charge in [0.25, 0.3) is 0 Å². The van der Waals surface area contributed by atoms with Crippen molar-refractivity contribution >= 4 is 5.69 Å². The third-order valence-corrected chi connectivity index (χ3v) is 1.55. The number of anilines is 1. The number of benzene rings is 1. The first kappa shape index (κ1) is 12.6. The summed E-state index contributed by atoms with van der Waals surface area (Å²) in [5.74, 6) is -0.651. The maximum Gasteiger partial charge on any atom is 0.411 e. The molecule has 0 aliphatic rings. The molecule has 3 nitrogen and oxygen atoms in total. The second kappa shape index (κ2) is 5.02. The lowest BCUT2D eigenvalue weighted by Gasteiger charge is -2.09. The van der Waals surface area contributed by atoms with E-state index < -0.39 is 25.4 Å². The number of halogens is 4. The molecule has 0 bridgehead atoms. The highest BCUT2D eigenvalue weighted by molar-refractivity contribution is 5.43. The van der Waals surface area contributed by atoms with Crippen molar-refractivity contribution < 1.29 is 27.0 Å². The van der Waals surface area contributed by atoms with E-state index in [2.05, 4.69) is 4.74 Å². The van der Waals surface area contributed by atoms with Crippen molar-refractivity contribution in [2.24, 2.45) is 0 Å². The van der Waals surface area contributed by atoms with Crippen LogP contribution in [0.3, 0.4) is 0 Å². The highest BCUT2D eigenvalue weighted by Crippen LogP contribution is 2.18. The molecule has 0 aliphatic carbocycles. The molecule has 0 spiro atoms. The Morgan fingerprint density at radius 3 is 2.50 bits per heavy atom. The van der Waals surface area contributed by atoms with Gasteiger partial charge in [-0.3, -0.25) is 0 Å². The Morgan fingerprint density at radius 1 is 1.25 bits per heavy atom. The number of hydrogen-bond acceptors (Lipinski definition) is 3. The molecule has 0 heterocycles. The average molecular weight is 239 g/mol. The molecule has 0 aromatic heterocycles. The molecule has 16 heavy (non-hydrogen) atoms. The summed E-state index contributed by atoms with van der Waals surface area (Å²) in [5, 5.41) is 0. The predicted octanol–water partition coefficient (Wildman–Crippen LogP) is 2.32. The lowest BCUT2D eigenvalue weighted by molar-refractivity contribution is -0.186. The number of nitrogen functional groups attached to an aromatic ring is 1. The van der Waals surface area contributed by atoms with Crippen molar-refractivity contribution in [1.82, 2.24) is 0 Å². The van der Waals surface area contributed by atoms with E-state index in [4.69, 9.17) is 10.5 Å². The minimum Gasteiger partial charge on any atom is -0.467 e. The number of nitrogens with two attached hydrogens (primary N) is 1. The van der Waals surface area contributed by atoms with E-state index in [1.807, 2.05) is 0 Å². The Labute approximate surface area is 88.8 Å². The Kier molecular flexibility index (Phi) is 3.94. The molecule has 0 unspecified atom stereocenters. The van der Waals surface area contributed by atoms with Crippen molar-refractivity contribution in [1.29, 1.82) is 0 Å². The monoisotopic (exact) mass is 239 g/mol. The van der Waals surface area contributed by atoms with Crippen LogP contribution < -0.4 is 10.5 Å². The second-order valence-corrected chi connectivity index (χ2v) is 2.91. The molecule has 0 saturated carbocycles. The summed E-state index contributed by atoms with van der Waals surface area (Å²) in [7, 11) is 0. The molecule has 0 radical (unpaired) electrons. The van der Waals surface area contributed by atoms with Gasteiger partial charge in [-0.15, -0.1) is 0 Å². The fraction of sp³-hybridized carbons (Fsp3) is 0.333. The van der Waals surface area contributed by atoms with E-state index in [0.29, 0.717) is 0 Å². The minimum atomic E-state index is -4.41. The van der Waals surface area contributed by atoms with Crippen LogP contribution in [-0.4, -0.2) is 19.6 Å². The first-order chi connectivity index (χ1) is 7.38. The van der Waals surface area contributed by atoms with E-state index in [0.717, 1.165) is 6.07 Å². The molecule has 1 aromatic rings. The molecule has 7 heteroatoms. The molecule has 2 N–H and O–H groups in total. The summed E-state index contributed by atoms with van der Waals surface area (Å²) in [6.07, 6.45) is -4.41. The van der Waals surface area contributed by atoms with Gasteiger partial charge >= 0.3 is 6.18 Å². The highest BCUT2D eigenvalue weighted by atomic mass is 19.4. The summed E-state index contributed by atoms with van der Waals surface area (Å²) in [4.78, 5) is 0. The van der Waals surface area contributed by atoms with Gasteiger partial charge in [-0.2, -0.15) is 13.2 Å². The normalized spacial score (nSPS) is 11.5. The van der Waals surface area contributed by atoms with Crippen molar-refractivity contribution in [3.63, 3.8) is 0 Å². The summed E-state index contributed by atoms with van der Waals surface area (Å²) in [6.45, 7) is -2.02. The summed E-state index contributed by atoms with van der Waals surface area (Å²) in [6, 6.07) is 3.54. The topological polar surface area (TPSA) is 44.5 Å². The van der Waals surface area contributed by atoms with Crippen molar-refractivity contribution in [3.05, 3.63) is 24.0 Å². The lowest BCUT2D eigenvalue weighted by Crippen LogP contribution is -2.19. The van der Waals surface area contributed by atoms with Crippen LogP contribution in [0.1, 0.15) is 0 Å². The molecule has 0 fully saturated rings. The van der Waals surface area contributed by atoms with Gasteiger partial charge in [-0.25, -0.2) is 4.39 Å². The van der Waals surface area contributed by atoms with Crippen LogP contribution in [-0.2, 0) is 4.74 Å². The van der Waals surface area contributed by atoms with Gasteiger partial charge in [0.15, 0.2) is 6.79 Å². The molecule has 0 amide bonds. The van der Waals surface area contributed by atoms with Gasteiger partial charge in [0, 0.05) is 6.07 Å². The van der Waals surface area contributed by atoms with Gasteiger partial charge in [0.1, 0.15) is 18.2 Å². The van der Waals surface area contributed by atoms with Crippen LogP contribution in [0.2, 0.25) is 0 Å². The maximum atomic E-state index is 12.9. The fourth-order valence-electron chi connectivity index (χ4n) is 0.865. The fourth-order valence-corrected chi connectivity index (χ4v) is 0.865. The highest BCUT2D eigenvalue weighted by Gasteiger charge is 2.27. The zero-order valence-electron chi connectivity index (χ0n) is 8.05. The number of hydrogen-bond donors (Lipinski definition) is 1. The zero-order valence-corrected chi connectivity index (χ0v) is 8.05. The van der Waals surface area contributed by atoms with Crippen LogP contribution in [0.4, 0.5) is 23.2 Å². The van der Waals surface area contributed by atoms with Crippen molar-refractivity contribution in [2.45, 2.75) is 6.18 Å². The molecule has 0 aliphatic heterocycles. The average Bonchev–Trinajstić information content (AvgIpc) is 2.17. The summed E-state index contributed by atoms with van der Waals surface area (Å²) in [5.41, 5.74) is 5.12. The number of alkyl halides is 3. The van der Waals surface area contributed by atoms with E-state index in [1.54, 1.807) is 0 Å². The molecule has 0 atom stereocenters. The molecular formula is C9H9F4NO2. The summed E-state index contributed by atoms with van der Waals surface area (Å²) >= 11 is 0. The smallest absolute Gasteiger partial charge is 0.411 e. The third-order valence-electron chi connectivity index (χ3n) is 1.55. The Balaban J connectivity index is 2.35. The third kappa shape index (κ3) is 4.35. The summed E-state index contributed by atoms with van der Waals surface area (Å²) < 4.78 is 56.7. The Bertz CT molecular complexity index is 354.